The Kier molecular flexibility index (Phi) is 8.25. The van der Waals surface area contributed by atoms with Crippen molar-refractivity contribution in [1.82, 2.24) is 24.7 Å². The minimum Gasteiger partial charge on any atom is -0.352 e. The summed E-state index contributed by atoms with van der Waals surface area (Å²) in [6.45, 7) is 2.40. The molecule has 1 aromatic carbocycles. The topological polar surface area (TPSA) is 91.6 Å². The van der Waals surface area contributed by atoms with E-state index in [1.165, 1.54) is 0 Å². The van der Waals surface area contributed by atoms with Gasteiger partial charge in [-0.1, -0.05) is 12.1 Å². The van der Waals surface area contributed by atoms with Crippen LogP contribution in [0, 0.1) is 0 Å². The van der Waals surface area contributed by atoms with Crippen LogP contribution in [0.4, 0.5) is 0 Å². The van der Waals surface area contributed by atoms with Gasteiger partial charge >= 0.3 is 0 Å². The van der Waals surface area contributed by atoms with Gasteiger partial charge in [0.15, 0.2) is 5.96 Å². The largest absolute Gasteiger partial charge is 0.352 e. The van der Waals surface area contributed by atoms with Gasteiger partial charge in [-0.3, -0.25) is 9.67 Å². The summed E-state index contributed by atoms with van der Waals surface area (Å²) in [6.07, 6.45) is 3.63. The Balaban J connectivity index is 0.00000280. The van der Waals surface area contributed by atoms with E-state index in [1.807, 2.05) is 25.2 Å². The van der Waals surface area contributed by atoms with Crippen molar-refractivity contribution in [2.24, 2.45) is 12.0 Å². The van der Waals surface area contributed by atoms with Gasteiger partial charge in [0.25, 0.3) is 0 Å². The van der Waals surface area contributed by atoms with Crippen LogP contribution in [0.2, 0.25) is 0 Å². The van der Waals surface area contributed by atoms with Crippen molar-refractivity contribution in [1.29, 1.82) is 0 Å². The minimum atomic E-state index is -3.36. The third-order valence-electron chi connectivity index (χ3n) is 4.67. The zero-order valence-electron chi connectivity index (χ0n) is 16.1. The summed E-state index contributed by atoms with van der Waals surface area (Å²) in [5, 5.41) is 10.6. The zero-order valence-corrected chi connectivity index (χ0v) is 19.3. The SMILES string of the molecule is CN=C(NCc1ccc(S(=O)(=O)N2CCCC2)cc1)NCc1ccnn1C.I. The molecule has 0 spiro atoms. The monoisotopic (exact) mass is 518 g/mol. The van der Waals surface area contributed by atoms with Crippen molar-refractivity contribution in [3.8, 4) is 0 Å². The smallest absolute Gasteiger partial charge is 0.243 e. The summed E-state index contributed by atoms with van der Waals surface area (Å²) >= 11 is 0. The lowest BCUT2D eigenvalue weighted by molar-refractivity contribution is 0.477. The average molecular weight is 518 g/mol. The predicted molar refractivity (Wildman–Crippen MR) is 120 cm³/mol. The number of nitrogens with one attached hydrogen (secondary N) is 2. The summed E-state index contributed by atoms with van der Waals surface area (Å²) in [6, 6.07) is 8.97. The maximum atomic E-state index is 12.6. The first kappa shape index (κ1) is 22.6. The number of aliphatic imine (C=N–C) groups is 1. The molecule has 0 aliphatic carbocycles. The normalized spacial score (nSPS) is 15.3. The molecular formula is C18H27IN6O2S. The highest BCUT2D eigenvalue weighted by Gasteiger charge is 2.26. The first-order valence-corrected chi connectivity index (χ1v) is 10.4. The first-order valence-electron chi connectivity index (χ1n) is 9.01. The zero-order chi connectivity index (χ0) is 19.3. The van der Waals surface area contributed by atoms with Gasteiger partial charge in [-0.25, -0.2) is 8.42 Å². The molecule has 0 atom stereocenters. The van der Waals surface area contributed by atoms with Crippen LogP contribution in [0.25, 0.3) is 0 Å². The summed E-state index contributed by atoms with van der Waals surface area (Å²) < 4.78 is 28.5. The van der Waals surface area contributed by atoms with Crippen molar-refractivity contribution < 1.29 is 8.42 Å². The van der Waals surface area contributed by atoms with Crippen molar-refractivity contribution in [3.05, 3.63) is 47.8 Å². The molecule has 0 radical (unpaired) electrons. The Labute approximate surface area is 183 Å². The molecule has 1 saturated heterocycles. The van der Waals surface area contributed by atoms with Gasteiger partial charge in [-0.2, -0.15) is 9.40 Å². The van der Waals surface area contributed by atoms with Gasteiger partial charge in [0.05, 0.1) is 17.1 Å². The van der Waals surface area contributed by atoms with Crippen LogP contribution in [-0.4, -0.2) is 48.6 Å². The Hall–Kier alpha value is -1.66. The van der Waals surface area contributed by atoms with Crippen molar-refractivity contribution >= 4 is 40.0 Å². The fourth-order valence-electron chi connectivity index (χ4n) is 3.01. The second kappa shape index (κ2) is 10.2. The van der Waals surface area contributed by atoms with Gasteiger partial charge in [0.1, 0.15) is 0 Å². The van der Waals surface area contributed by atoms with Gasteiger partial charge in [0.2, 0.25) is 10.0 Å². The Morgan fingerprint density at radius 2 is 1.75 bits per heavy atom. The molecule has 1 fully saturated rings. The molecule has 0 bridgehead atoms. The number of halogens is 1. The summed E-state index contributed by atoms with van der Waals surface area (Å²) in [4.78, 5) is 4.56. The molecule has 0 amide bonds. The van der Waals surface area contributed by atoms with Gasteiger partial charge < -0.3 is 10.6 Å². The number of hydrogen-bond acceptors (Lipinski definition) is 4. The van der Waals surface area contributed by atoms with E-state index in [4.69, 9.17) is 0 Å². The maximum Gasteiger partial charge on any atom is 0.243 e. The molecule has 8 nitrogen and oxygen atoms in total. The number of aromatic nitrogens is 2. The first-order chi connectivity index (χ1) is 13.0. The molecule has 1 aliphatic heterocycles. The maximum absolute atomic E-state index is 12.6. The van der Waals surface area contributed by atoms with E-state index in [0.29, 0.717) is 37.0 Å². The van der Waals surface area contributed by atoms with E-state index in [0.717, 1.165) is 24.1 Å². The third-order valence-corrected chi connectivity index (χ3v) is 6.58. The summed E-state index contributed by atoms with van der Waals surface area (Å²) in [7, 11) is 0.246. The summed E-state index contributed by atoms with van der Waals surface area (Å²) in [5.74, 6) is 0.671. The Bertz CT molecular complexity index is 889. The van der Waals surface area contributed by atoms with Crippen LogP contribution in [-0.2, 0) is 30.2 Å². The number of benzene rings is 1. The van der Waals surface area contributed by atoms with E-state index in [9.17, 15) is 8.42 Å². The molecule has 0 saturated carbocycles. The molecule has 1 aliphatic rings. The standard InChI is InChI=1S/C18H26N6O2S.HI/c1-19-18(21-14-16-9-10-22-23(16)2)20-13-15-5-7-17(8-6-15)27(25,26)24-11-3-4-12-24;/h5-10H,3-4,11-14H2,1-2H3,(H2,19,20,21);1H. The average Bonchev–Trinajstić information content (AvgIpc) is 3.35. The number of nitrogens with zero attached hydrogens (tertiary/aromatic N) is 4. The van der Waals surface area contributed by atoms with E-state index < -0.39 is 10.0 Å². The number of hydrogen-bond donors (Lipinski definition) is 2. The Morgan fingerprint density at radius 1 is 1.11 bits per heavy atom. The summed E-state index contributed by atoms with van der Waals surface area (Å²) in [5.41, 5.74) is 2.04. The van der Waals surface area contributed by atoms with E-state index >= 15 is 0 Å². The van der Waals surface area contributed by atoms with Crippen LogP contribution < -0.4 is 10.6 Å². The van der Waals surface area contributed by atoms with Crippen molar-refractivity contribution in [2.45, 2.75) is 30.8 Å². The fraction of sp³-hybridized carbons (Fsp3) is 0.444. The van der Waals surface area contributed by atoms with Crippen molar-refractivity contribution in [3.63, 3.8) is 0 Å². The third kappa shape index (κ3) is 5.45. The molecule has 2 N–H and O–H groups in total. The quantitative estimate of drug-likeness (QED) is 0.345. The van der Waals surface area contributed by atoms with Gasteiger partial charge in [-0.05, 0) is 36.6 Å². The molecule has 154 valence electrons. The van der Waals surface area contributed by atoms with Crippen LogP contribution >= 0.6 is 24.0 Å². The molecule has 0 unspecified atom stereocenters. The van der Waals surface area contributed by atoms with E-state index in [1.54, 1.807) is 34.4 Å². The highest BCUT2D eigenvalue weighted by Crippen LogP contribution is 2.21. The number of aryl methyl sites for hydroxylation is 1. The van der Waals surface area contributed by atoms with Crippen LogP contribution in [0.3, 0.4) is 0 Å². The molecule has 2 heterocycles. The highest BCUT2D eigenvalue weighted by molar-refractivity contribution is 14.0. The molecule has 2 aromatic rings. The molecule has 10 heteroatoms. The van der Waals surface area contributed by atoms with Gasteiger partial charge in [-0.15, -0.1) is 24.0 Å². The van der Waals surface area contributed by atoms with Crippen LogP contribution in [0.15, 0.2) is 46.4 Å². The lowest BCUT2D eigenvalue weighted by atomic mass is 10.2. The number of rotatable bonds is 6. The van der Waals surface area contributed by atoms with Crippen LogP contribution in [0.5, 0.6) is 0 Å². The predicted octanol–water partition coefficient (Wildman–Crippen LogP) is 1.69. The van der Waals surface area contributed by atoms with E-state index in [-0.39, 0.29) is 24.0 Å². The second-order valence-corrected chi connectivity index (χ2v) is 8.42. The number of guanidine groups is 1. The lowest BCUT2D eigenvalue weighted by Crippen LogP contribution is -2.36. The fourth-order valence-corrected chi connectivity index (χ4v) is 4.53. The van der Waals surface area contributed by atoms with E-state index in [2.05, 4.69) is 20.7 Å². The molecule has 1 aromatic heterocycles. The molecular weight excluding hydrogens is 491 g/mol. The lowest BCUT2D eigenvalue weighted by Gasteiger charge is -2.16. The Morgan fingerprint density at radius 3 is 2.32 bits per heavy atom. The number of sulfonamides is 1. The van der Waals surface area contributed by atoms with Crippen molar-refractivity contribution in [2.75, 3.05) is 20.1 Å². The molecule has 3 rings (SSSR count). The van der Waals surface area contributed by atoms with Gasteiger partial charge in [0, 0.05) is 39.9 Å². The highest BCUT2D eigenvalue weighted by atomic mass is 127. The minimum absolute atomic E-state index is 0. The molecule has 28 heavy (non-hydrogen) atoms. The second-order valence-electron chi connectivity index (χ2n) is 6.48. The van der Waals surface area contributed by atoms with Crippen LogP contribution in [0.1, 0.15) is 24.1 Å².